The van der Waals surface area contributed by atoms with Crippen molar-refractivity contribution >= 4 is 34.2 Å². The lowest BCUT2D eigenvalue weighted by Gasteiger charge is -2.02. The van der Waals surface area contributed by atoms with Crippen LogP contribution < -0.4 is 0 Å². The number of hydrogen-bond acceptors (Lipinski definition) is 0. The van der Waals surface area contributed by atoms with Gasteiger partial charge in [0.15, 0.2) is 0 Å². The van der Waals surface area contributed by atoms with E-state index in [0.717, 1.165) is 22.0 Å². The maximum absolute atomic E-state index is 13.0. The van der Waals surface area contributed by atoms with E-state index in [0.29, 0.717) is 5.88 Å². The van der Waals surface area contributed by atoms with Gasteiger partial charge in [0, 0.05) is 5.88 Å². The summed E-state index contributed by atoms with van der Waals surface area (Å²) < 4.78 is 13.7. The number of benzene rings is 1. The van der Waals surface area contributed by atoms with Gasteiger partial charge in [-0.05, 0) is 47.1 Å². The van der Waals surface area contributed by atoms with E-state index in [-0.39, 0.29) is 5.82 Å². The Morgan fingerprint density at radius 1 is 1.42 bits per heavy atom. The summed E-state index contributed by atoms with van der Waals surface area (Å²) in [4.78, 5) is 0. The highest BCUT2D eigenvalue weighted by Gasteiger charge is 2.03. The standard InChI is InChI=1S/C9H9ClFI/c10-6-2-4-7-3-1-5-8(11)9(7)12/h1,3,5H,2,4,6H2. The lowest BCUT2D eigenvalue weighted by Crippen LogP contribution is -1.93. The summed E-state index contributed by atoms with van der Waals surface area (Å²) in [6.45, 7) is 0. The largest absolute Gasteiger partial charge is 0.206 e. The molecule has 3 heteroatoms. The van der Waals surface area contributed by atoms with E-state index >= 15 is 0 Å². The van der Waals surface area contributed by atoms with Crippen LogP contribution in [0.25, 0.3) is 0 Å². The van der Waals surface area contributed by atoms with Crippen molar-refractivity contribution in [1.29, 1.82) is 0 Å². The Morgan fingerprint density at radius 2 is 2.17 bits per heavy atom. The number of rotatable bonds is 3. The molecule has 1 aromatic rings. The third kappa shape index (κ3) is 2.59. The van der Waals surface area contributed by atoms with Crippen LogP contribution in [-0.2, 0) is 6.42 Å². The van der Waals surface area contributed by atoms with E-state index in [9.17, 15) is 4.39 Å². The summed E-state index contributed by atoms with van der Waals surface area (Å²) in [6, 6.07) is 5.16. The van der Waals surface area contributed by atoms with Crippen molar-refractivity contribution < 1.29 is 4.39 Å². The van der Waals surface area contributed by atoms with Gasteiger partial charge in [0.25, 0.3) is 0 Å². The molecule has 0 aliphatic rings. The fourth-order valence-electron chi connectivity index (χ4n) is 0.999. The first kappa shape index (κ1) is 10.3. The van der Waals surface area contributed by atoms with Crippen LogP contribution in [0.1, 0.15) is 12.0 Å². The van der Waals surface area contributed by atoms with Crippen molar-refractivity contribution in [3.63, 3.8) is 0 Å². The zero-order chi connectivity index (χ0) is 8.97. The Bertz CT molecular complexity index is 263. The van der Waals surface area contributed by atoms with Crippen molar-refractivity contribution in [2.45, 2.75) is 12.8 Å². The highest BCUT2D eigenvalue weighted by atomic mass is 127. The zero-order valence-corrected chi connectivity index (χ0v) is 9.40. The molecule has 0 atom stereocenters. The fourth-order valence-corrected chi connectivity index (χ4v) is 1.76. The molecule has 0 unspecified atom stereocenters. The first-order valence-corrected chi connectivity index (χ1v) is 5.36. The Morgan fingerprint density at radius 3 is 2.83 bits per heavy atom. The molecule has 66 valence electrons. The zero-order valence-electron chi connectivity index (χ0n) is 6.49. The predicted molar refractivity (Wildman–Crippen MR) is 58.2 cm³/mol. The maximum atomic E-state index is 13.0. The van der Waals surface area contributed by atoms with Gasteiger partial charge in [0.2, 0.25) is 0 Å². The fraction of sp³-hybridized carbons (Fsp3) is 0.333. The van der Waals surface area contributed by atoms with Crippen molar-refractivity contribution in [2.24, 2.45) is 0 Å². The molecule has 0 saturated carbocycles. The monoisotopic (exact) mass is 298 g/mol. The second-order valence-corrected chi connectivity index (χ2v) is 3.96. The van der Waals surface area contributed by atoms with E-state index in [1.807, 2.05) is 28.7 Å². The van der Waals surface area contributed by atoms with Gasteiger partial charge in [0.05, 0.1) is 3.57 Å². The molecule has 0 fully saturated rings. The van der Waals surface area contributed by atoms with Crippen molar-refractivity contribution in [1.82, 2.24) is 0 Å². The van der Waals surface area contributed by atoms with Gasteiger partial charge < -0.3 is 0 Å². The summed E-state index contributed by atoms with van der Waals surface area (Å²) in [5.41, 5.74) is 1.05. The highest BCUT2D eigenvalue weighted by molar-refractivity contribution is 14.1. The average molecular weight is 299 g/mol. The predicted octanol–water partition coefficient (Wildman–Crippen LogP) is 3.60. The Labute approximate surface area is 90.3 Å². The van der Waals surface area contributed by atoms with Gasteiger partial charge in [-0.25, -0.2) is 4.39 Å². The molecule has 1 aromatic carbocycles. The highest BCUT2D eigenvalue weighted by Crippen LogP contribution is 2.17. The molecule has 0 N–H and O–H groups in total. The van der Waals surface area contributed by atoms with Crippen LogP contribution in [0.15, 0.2) is 18.2 Å². The summed E-state index contributed by atoms with van der Waals surface area (Å²) in [7, 11) is 0. The first-order chi connectivity index (χ1) is 5.75. The molecule has 0 aromatic heterocycles. The van der Waals surface area contributed by atoms with Crippen molar-refractivity contribution in [2.75, 3.05) is 5.88 Å². The normalized spacial score (nSPS) is 10.2. The summed E-state index contributed by atoms with van der Waals surface area (Å²) >= 11 is 7.57. The molecular weight excluding hydrogens is 289 g/mol. The van der Waals surface area contributed by atoms with Gasteiger partial charge in [-0.1, -0.05) is 12.1 Å². The SMILES string of the molecule is Fc1cccc(CCCCl)c1I. The molecule has 1 rings (SSSR count). The van der Waals surface area contributed by atoms with E-state index in [4.69, 9.17) is 11.6 Å². The van der Waals surface area contributed by atoms with Crippen LogP contribution in [0.5, 0.6) is 0 Å². The Kier molecular flexibility index (Phi) is 4.29. The van der Waals surface area contributed by atoms with Crippen molar-refractivity contribution in [3.8, 4) is 0 Å². The minimum absolute atomic E-state index is 0.136. The number of hydrogen-bond donors (Lipinski definition) is 0. The van der Waals surface area contributed by atoms with E-state index < -0.39 is 0 Å². The van der Waals surface area contributed by atoms with Crippen LogP contribution in [-0.4, -0.2) is 5.88 Å². The molecule has 12 heavy (non-hydrogen) atoms. The number of halogens is 3. The molecule has 0 saturated heterocycles. The molecule has 0 spiro atoms. The third-order valence-electron chi connectivity index (χ3n) is 1.61. The number of aryl methyl sites for hydroxylation is 1. The van der Waals surface area contributed by atoms with Crippen LogP contribution in [0, 0.1) is 9.39 Å². The molecule has 0 amide bonds. The van der Waals surface area contributed by atoms with Crippen LogP contribution in [0.3, 0.4) is 0 Å². The minimum atomic E-state index is -0.136. The lowest BCUT2D eigenvalue weighted by atomic mass is 10.1. The van der Waals surface area contributed by atoms with E-state index in [2.05, 4.69) is 0 Å². The molecular formula is C9H9ClFI. The molecule has 0 aliphatic heterocycles. The Hall–Kier alpha value is 0.170. The molecule has 0 radical (unpaired) electrons. The quantitative estimate of drug-likeness (QED) is 0.591. The minimum Gasteiger partial charge on any atom is -0.206 e. The molecule has 0 heterocycles. The Balaban J connectivity index is 2.78. The van der Waals surface area contributed by atoms with Gasteiger partial charge in [-0.3, -0.25) is 0 Å². The topological polar surface area (TPSA) is 0 Å². The second-order valence-electron chi connectivity index (χ2n) is 2.51. The van der Waals surface area contributed by atoms with Gasteiger partial charge in [-0.15, -0.1) is 11.6 Å². The van der Waals surface area contributed by atoms with Crippen LogP contribution in [0.2, 0.25) is 0 Å². The third-order valence-corrected chi connectivity index (χ3v) is 3.09. The van der Waals surface area contributed by atoms with Gasteiger partial charge in [-0.2, -0.15) is 0 Å². The van der Waals surface area contributed by atoms with Gasteiger partial charge in [0.1, 0.15) is 5.82 Å². The van der Waals surface area contributed by atoms with Crippen LogP contribution >= 0.6 is 34.2 Å². The summed E-state index contributed by atoms with van der Waals surface area (Å²) in [5.74, 6) is 0.495. The smallest absolute Gasteiger partial charge is 0.136 e. The maximum Gasteiger partial charge on any atom is 0.136 e. The second kappa shape index (κ2) is 5.02. The summed E-state index contributed by atoms with van der Waals surface area (Å²) in [6.07, 6.45) is 1.76. The summed E-state index contributed by atoms with van der Waals surface area (Å²) in [5, 5.41) is 0. The van der Waals surface area contributed by atoms with Crippen LogP contribution in [0.4, 0.5) is 4.39 Å². The first-order valence-electron chi connectivity index (χ1n) is 3.74. The molecule has 0 bridgehead atoms. The van der Waals surface area contributed by atoms with Crippen molar-refractivity contribution in [3.05, 3.63) is 33.1 Å². The van der Waals surface area contributed by atoms with E-state index in [1.54, 1.807) is 6.07 Å². The lowest BCUT2D eigenvalue weighted by molar-refractivity contribution is 0.617. The molecule has 0 nitrogen and oxygen atoms in total. The number of alkyl halides is 1. The average Bonchev–Trinajstić information content (AvgIpc) is 2.08. The molecule has 0 aliphatic carbocycles. The van der Waals surface area contributed by atoms with Gasteiger partial charge >= 0.3 is 0 Å². The van der Waals surface area contributed by atoms with E-state index in [1.165, 1.54) is 6.07 Å².